The summed E-state index contributed by atoms with van der Waals surface area (Å²) >= 11 is 0.744. The summed E-state index contributed by atoms with van der Waals surface area (Å²) in [7, 11) is 1.69. The Hall–Kier alpha value is -0.0449. The molecule has 0 amide bonds. The van der Waals surface area contributed by atoms with Gasteiger partial charge >= 0.3 is 71.1 Å². The van der Waals surface area contributed by atoms with E-state index in [4.69, 9.17) is 4.74 Å². The van der Waals surface area contributed by atoms with Crippen molar-refractivity contribution < 1.29 is 30.9 Å². The number of hydrogen-bond acceptors (Lipinski definition) is 1. The molecule has 1 aromatic rings. The molecular formula is C7H7HgO. The molecule has 0 fully saturated rings. The van der Waals surface area contributed by atoms with E-state index in [0.29, 0.717) is 0 Å². The van der Waals surface area contributed by atoms with Crippen LogP contribution in [0.5, 0.6) is 5.75 Å². The van der Waals surface area contributed by atoms with E-state index >= 15 is 0 Å². The Morgan fingerprint density at radius 2 is 1.78 bits per heavy atom. The molecule has 0 aliphatic rings. The first-order chi connectivity index (χ1) is 4.33. The van der Waals surface area contributed by atoms with Crippen molar-refractivity contribution in [3.05, 3.63) is 24.3 Å². The molecule has 1 aromatic carbocycles. The molecule has 0 aliphatic heterocycles. The molecule has 1 rings (SSSR count). The van der Waals surface area contributed by atoms with Gasteiger partial charge in [0.15, 0.2) is 0 Å². The maximum atomic E-state index is 4.99. The average molecular weight is 308 g/mol. The standard InChI is InChI=1S/C7H7O.Hg/c1-8-7-5-3-2-4-6-7;/h3-6H,1H3;. The van der Waals surface area contributed by atoms with Gasteiger partial charge in [0.1, 0.15) is 0 Å². The monoisotopic (exact) mass is 309 g/mol. The van der Waals surface area contributed by atoms with Gasteiger partial charge in [-0.2, -0.15) is 0 Å². The normalized spacial score (nSPS) is 9.22. The van der Waals surface area contributed by atoms with Crippen LogP contribution in [-0.4, -0.2) is 7.11 Å². The molecular weight excluding hydrogens is 301 g/mol. The summed E-state index contributed by atoms with van der Waals surface area (Å²) in [6.45, 7) is 0. The average Bonchev–Trinajstić information content (AvgIpc) is 1.90. The zero-order valence-electron chi connectivity index (χ0n) is 5.42. The number of benzene rings is 1. The Morgan fingerprint density at radius 3 is 2.22 bits per heavy atom. The van der Waals surface area contributed by atoms with Crippen molar-refractivity contribution in [1.29, 1.82) is 0 Å². The molecule has 0 saturated carbocycles. The second-order valence-electron chi connectivity index (χ2n) is 1.85. The van der Waals surface area contributed by atoms with E-state index in [1.165, 1.54) is 3.07 Å². The van der Waals surface area contributed by atoms with Crippen molar-refractivity contribution in [3.63, 3.8) is 0 Å². The Morgan fingerprint density at radius 1 is 1.22 bits per heavy atom. The Balaban J connectivity index is 2.88. The quantitative estimate of drug-likeness (QED) is 0.700. The molecule has 0 radical (unpaired) electrons. The molecule has 0 atom stereocenters. The van der Waals surface area contributed by atoms with Crippen LogP contribution in [0, 0.1) is 0 Å². The van der Waals surface area contributed by atoms with Crippen LogP contribution in [0.3, 0.4) is 0 Å². The van der Waals surface area contributed by atoms with Crippen molar-refractivity contribution in [3.8, 4) is 5.75 Å². The molecule has 0 saturated heterocycles. The summed E-state index contributed by atoms with van der Waals surface area (Å²) < 4.78 is 6.45. The van der Waals surface area contributed by atoms with Gasteiger partial charge in [-0.3, -0.25) is 0 Å². The zero-order valence-corrected chi connectivity index (χ0v) is 10.9. The van der Waals surface area contributed by atoms with Gasteiger partial charge in [0, 0.05) is 0 Å². The molecule has 43 valence electrons. The van der Waals surface area contributed by atoms with Gasteiger partial charge in [-0.1, -0.05) is 0 Å². The summed E-state index contributed by atoms with van der Waals surface area (Å²) in [5.41, 5.74) is 0. The third-order valence-electron chi connectivity index (χ3n) is 1.16. The first-order valence-corrected chi connectivity index (χ1v) is 5.54. The topological polar surface area (TPSA) is 9.23 Å². The third-order valence-corrected chi connectivity index (χ3v) is 2.99. The summed E-state index contributed by atoms with van der Waals surface area (Å²) in [6.07, 6.45) is 0. The van der Waals surface area contributed by atoms with E-state index in [-0.39, 0.29) is 0 Å². The third kappa shape index (κ3) is 1.97. The first kappa shape index (κ1) is 7.07. The van der Waals surface area contributed by atoms with Gasteiger partial charge in [0.2, 0.25) is 0 Å². The second kappa shape index (κ2) is 3.21. The predicted octanol–water partition coefficient (Wildman–Crippen LogP) is 0.867. The fourth-order valence-corrected chi connectivity index (χ4v) is 1.54. The van der Waals surface area contributed by atoms with Crippen molar-refractivity contribution in [2.24, 2.45) is 0 Å². The summed E-state index contributed by atoms with van der Waals surface area (Å²) in [5.74, 6) is 0.948. The van der Waals surface area contributed by atoms with Crippen LogP contribution in [0.2, 0.25) is 0 Å². The van der Waals surface area contributed by atoms with E-state index in [1.807, 2.05) is 12.1 Å². The summed E-state index contributed by atoms with van der Waals surface area (Å²) in [4.78, 5) is 0. The zero-order chi connectivity index (χ0) is 6.69. The van der Waals surface area contributed by atoms with E-state index in [0.717, 1.165) is 31.9 Å². The Bertz CT molecular complexity index is 181. The van der Waals surface area contributed by atoms with Crippen LogP contribution in [0.4, 0.5) is 0 Å². The molecule has 0 aliphatic carbocycles. The van der Waals surface area contributed by atoms with Gasteiger partial charge in [-0.25, -0.2) is 0 Å². The van der Waals surface area contributed by atoms with Crippen LogP contribution in [0.1, 0.15) is 0 Å². The van der Waals surface area contributed by atoms with Crippen molar-refractivity contribution in [1.82, 2.24) is 0 Å². The second-order valence-corrected chi connectivity index (χ2v) is 5.02. The fourth-order valence-electron chi connectivity index (χ4n) is 0.626. The maximum absolute atomic E-state index is 4.99. The van der Waals surface area contributed by atoms with Crippen LogP contribution in [0.15, 0.2) is 24.3 Å². The molecule has 0 aromatic heterocycles. The first-order valence-electron chi connectivity index (χ1n) is 2.79. The molecule has 9 heavy (non-hydrogen) atoms. The van der Waals surface area contributed by atoms with Crippen LogP contribution in [-0.2, 0) is 26.1 Å². The van der Waals surface area contributed by atoms with Crippen molar-refractivity contribution >= 4 is 3.07 Å². The van der Waals surface area contributed by atoms with Gasteiger partial charge in [-0.05, 0) is 0 Å². The Kier molecular flexibility index (Phi) is 2.52. The van der Waals surface area contributed by atoms with E-state index < -0.39 is 0 Å². The molecule has 0 N–H and O–H groups in total. The number of ether oxygens (including phenoxy) is 1. The van der Waals surface area contributed by atoms with Crippen LogP contribution >= 0.6 is 0 Å². The summed E-state index contributed by atoms with van der Waals surface area (Å²) in [5, 5.41) is 0. The van der Waals surface area contributed by atoms with E-state index in [9.17, 15) is 0 Å². The van der Waals surface area contributed by atoms with Crippen LogP contribution < -0.4 is 7.81 Å². The minimum atomic E-state index is 0.744. The molecule has 0 heterocycles. The van der Waals surface area contributed by atoms with Gasteiger partial charge in [-0.15, -0.1) is 0 Å². The number of rotatable bonds is 1. The van der Waals surface area contributed by atoms with Gasteiger partial charge < -0.3 is 0 Å². The molecule has 1 nitrogen and oxygen atoms in total. The van der Waals surface area contributed by atoms with Gasteiger partial charge in [0.25, 0.3) is 0 Å². The van der Waals surface area contributed by atoms with E-state index in [1.54, 1.807) is 7.11 Å². The molecule has 0 bridgehead atoms. The van der Waals surface area contributed by atoms with Crippen molar-refractivity contribution in [2.45, 2.75) is 0 Å². The van der Waals surface area contributed by atoms with Crippen LogP contribution in [0.25, 0.3) is 0 Å². The van der Waals surface area contributed by atoms with Crippen molar-refractivity contribution in [2.75, 3.05) is 7.11 Å². The minimum absolute atomic E-state index is 0.744. The van der Waals surface area contributed by atoms with Gasteiger partial charge in [0.05, 0.1) is 0 Å². The number of hydrogen-bond donors (Lipinski definition) is 0. The Labute approximate surface area is 71.0 Å². The number of methoxy groups -OCH3 is 1. The molecule has 2 heteroatoms. The SMILES string of the molecule is COc1cc[c]([Hg])cc1. The van der Waals surface area contributed by atoms with E-state index in [2.05, 4.69) is 12.1 Å². The fraction of sp³-hybridized carbons (Fsp3) is 0.143. The molecule has 0 spiro atoms. The summed E-state index contributed by atoms with van der Waals surface area (Å²) in [6, 6.07) is 8.23. The predicted molar refractivity (Wildman–Crippen MR) is 32.6 cm³/mol. The molecule has 0 unspecified atom stereocenters.